The lowest BCUT2D eigenvalue weighted by atomic mass is 10.1. The van der Waals surface area contributed by atoms with E-state index < -0.39 is 17.7 Å². The number of anilines is 1. The molecular formula is C13H10F3N3O2. The Morgan fingerprint density at radius 2 is 2.05 bits per heavy atom. The Hall–Kier alpha value is -2.64. The maximum atomic E-state index is 12.6. The second kappa shape index (κ2) is 5.78. The fourth-order valence-electron chi connectivity index (χ4n) is 1.60. The summed E-state index contributed by atoms with van der Waals surface area (Å²) >= 11 is 0. The van der Waals surface area contributed by atoms with Crippen LogP contribution in [0.5, 0.6) is 0 Å². The molecule has 110 valence electrons. The van der Waals surface area contributed by atoms with Gasteiger partial charge in [0, 0.05) is 6.54 Å². The molecule has 2 rings (SSSR count). The van der Waals surface area contributed by atoms with E-state index in [0.29, 0.717) is 5.56 Å². The zero-order valence-corrected chi connectivity index (χ0v) is 10.6. The van der Waals surface area contributed by atoms with Gasteiger partial charge in [0.05, 0.1) is 18.0 Å². The molecule has 0 aliphatic carbocycles. The molecule has 0 radical (unpaired) electrons. The lowest BCUT2D eigenvalue weighted by Gasteiger charge is -2.10. The van der Waals surface area contributed by atoms with Crippen LogP contribution < -0.4 is 5.32 Å². The van der Waals surface area contributed by atoms with Crippen molar-refractivity contribution in [1.29, 1.82) is 0 Å². The summed E-state index contributed by atoms with van der Waals surface area (Å²) in [4.78, 5) is 18.2. The van der Waals surface area contributed by atoms with Gasteiger partial charge in [-0.3, -0.25) is 4.98 Å². The van der Waals surface area contributed by atoms with Crippen molar-refractivity contribution < 1.29 is 23.1 Å². The predicted octanol–water partition coefficient (Wildman–Crippen LogP) is 2.81. The third-order valence-corrected chi connectivity index (χ3v) is 2.58. The molecular weight excluding hydrogens is 287 g/mol. The quantitative estimate of drug-likeness (QED) is 0.907. The fourth-order valence-corrected chi connectivity index (χ4v) is 1.60. The summed E-state index contributed by atoms with van der Waals surface area (Å²) in [5, 5.41) is 11.5. The van der Waals surface area contributed by atoms with Crippen molar-refractivity contribution in [2.24, 2.45) is 0 Å². The number of hydrogen-bond acceptors (Lipinski definition) is 4. The molecule has 0 atom stereocenters. The van der Waals surface area contributed by atoms with E-state index in [4.69, 9.17) is 5.11 Å². The van der Waals surface area contributed by atoms with Gasteiger partial charge in [0.2, 0.25) is 0 Å². The number of carbonyl (C=O) groups is 1. The van der Waals surface area contributed by atoms with E-state index in [0.717, 1.165) is 18.3 Å². The van der Waals surface area contributed by atoms with Crippen molar-refractivity contribution in [2.75, 3.05) is 5.32 Å². The number of carboxylic acid groups (broad SMARTS) is 1. The Balaban J connectivity index is 2.10. The number of nitrogens with zero attached hydrogens (tertiary/aromatic N) is 2. The molecule has 8 heteroatoms. The topological polar surface area (TPSA) is 75.1 Å². The molecule has 0 fully saturated rings. The van der Waals surface area contributed by atoms with E-state index in [2.05, 4.69) is 15.3 Å². The Bertz CT molecular complexity index is 659. The summed E-state index contributed by atoms with van der Waals surface area (Å²) in [6.45, 7) is 0.0711. The van der Waals surface area contributed by atoms with Crippen LogP contribution in [0.15, 0.2) is 36.7 Å². The van der Waals surface area contributed by atoms with Crippen LogP contribution >= 0.6 is 0 Å². The highest BCUT2D eigenvalue weighted by atomic mass is 19.4. The molecule has 0 amide bonds. The van der Waals surface area contributed by atoms with Gasteiger partial charge in [0.25, 0.3) is 0 Å². The minimum absolute atomic E-state index is 0.0711. The molecule has 0 spiro atoms. The van der Waals surface area contributed by atoms with E-state index >= 15 is 0 Å². The van der Waals surface area contributed by atoms with Crippen molar-refractivity contribution in [3.63, 3.8) is 0 Å². The summed E-state index contributed by atoms with van der Waals surface area (Å²) in [7, 11) is 0. The zero-order valence-electron chi connectivity index (χ0n) is 10.6. The maximum absolute atomic E-state index is 12.6. The van der Waals surface area contributed by atoms with Crippen molar-refractivity contribution in [2.45, 2.75) is 12.7 Å². The summed E-state index contributed by atoms with van der Waals surface area (Å²) in [6, 6.07) is 4.83. The average Bonchev–Trinajstić information content (AvgIpc) is 2.45. The predicted molar refractivity (Wildman–Crippen MR) is 67.8 cm³/mol. The summed E-state index contributed by atoms with van der Waals surface area (Å²) in [6.07, 6.45) is -2.03. The molecule has 0 aliphatic heterocycles. The minimum Gasteiger partial charge on any atom is -0.476 e. The van der Waals surface area contributed by atoms with E-state index in [1.165, 1.54) is 18.3 Å². The van der Waals surface area contributed by atoms with Gasteiger partial charge in [-0.05, 0) is 17.7 Å². The number of carboxylic acids is 1. The van der Waals surface area contributed by atoms with Crippen LogP contribution in [-0.4, -0.2) is 21.0 Å². The molecule has 21 heavy (non-hydrogen) atoms. The molecule has 1 aromatic heterocycles. The SMILES string of the molecule is O=C(O)c1cncc(NCc2cccc(C(F)(F)F)c2)n1. The first-order valence-corrected chi connectivity index (χ1v) is 5.81. The van der Waals surface area contributed by atoms with Crippen LogP contribution in [0.1, 0.15) is 21.6 Å². The number of hydrogen-bond donors (Lipinski definition) is 2. The summed E-state index contributed by atoms with van der Waals surface area (Å²) < 4.78 is 37.7. The molecule has 2 aromatic rings. The van der Waals surface area contributed by atoms with Crippen LogP contribution in [0.4, 0.5) is 19.0 Å². The van der Waals surface area contributed by atoms with Crippen molar-refractivity contribution in [3.8, 4) is 0 Å². The first-order chi connectivity index (χ1) is 9.86. The molecule has 0 unspecified atom stereocenters. The lowest BCUT2D eigenvalue weighted by molar-refractivity contribution is -0.137. The van der Waals surface area contributed by atoms with Crippen LogP contribution in [0.3, 0.4) is 0 Å². The Labute approximate surface area is 117 Å². The molecule has 0 saturated heterocycles. The highest BCUT2D eigenvalue weighted by Crippen LogP contribution is 2.29. The Kier molecular flexibility index (Phi) is 4.06. The van der Waals surface area contributed by atoms with Gasteiger partial charge in [0.15, 0.2) is 5.69 Å². The highest BCUT2D eigenvalue weighted by molar-refractivity contribution is 5.85. The van der Waals surface area contributed by atoms with Gasteiger partial charge in [-0.15, -0.1) is 0 Å². The first kappa shape index (κ1) is 14.8. The van der Waals surface area contributed by atoms with E-state index in [1.807, 2.05) is 0 Å². The van der Waals surface area contributed by atoms with E-state index in [1.54, 1.807) is 0 Å². The Morgan fingerprint density at radius 1 is 1.29 bits per heavy atom. The maximum Gasteiger partial charge on any atom is 0.416 e. The Morgan fingerprint density at radius 3 is 2.71 bits per heavy atom. The van der Waals surface area contributed by atoms with E-state index in [-0.39, 0.29) is 18.1 Å². The van der Waals surface area contributed by atoms with Crippen molar-refractivity contribution in [1.82, 2.24) is 9.97 Å². The van der Waals surface area contributed by atoms with Crippen LogP contribution in [0.2, 0.25) is 0 Å². The summed E-state index contributed by atoms with van der Waals surface area (Å²) in [5.41, 5.74) is -0.594. The third-order valence-electron chi connectivity index (χ3n) is 2.58. The number of halogens is 3. The van der Waals surface area contributed by atoms with Crippen LogP contribution in [-0.2, 0) is 12.7 Å². The second-order valence-corrected chi connectivity index (χ2v) is 4.15. The van der Waals surface area contributed by atoms with E-state index in [9.17, 15) is 18.0 Å². The molecule has 1 aromatic carbocycles. The zero-order chi connectivity index (χ0) is 15.5. The molecule has 1 heterocycles. The molecule has 0 aliphatic rings. The van der Waals surface area contributed by atoms with Crippen molar-refractivity contribution in [3.05, 3.63) is 53.5 Å². The molecule has 0 bridgehead atoms. The number of aromatic carboxylic acids is 1. The first-order valence-electron chi connectivity index (χ1n) is 5.81. The molecule has 2 N–H and O–H groups in total. The van der Waals surface area contributed by atoms with Gasteiger partial charge in [-0.25, -0.2) is 9.78 Å². The fraction of sp³-hybridized carbons (Fsp3) is 0.154. The number of alkyl halides is 3. The van der Waals surface area contributed by atoms with Crippen LogP contribution in [0, 0.1) is 0 Å². The van der Waals surface area contributed by atoms with Gasteiger partial charge < -0.3 is 10.4 Å². The molecule has 0 saturated carbocycles. The van der Waals surface area contributed by atoms with Gasteiger partial charge >= 0.3 is 12.1 Å². The smallest absolute Gasteiger partial charge is 0.416 e. The second-order valence-electron chi connectivity index (χ2n) is 4.15. The number of aromatic nitrogens is 2. The number of nitrogens with one attached hydrogen (secondary N) is 1. The summed E-state index contributed by atoms with van der Waals surface area (Å²) in [5.74, 6) is -1.06. The number of rotatable bonds is 4. The third kappa shape index (κ3) is 3.91. The van der Waals surface area contributed by atoms with Crippen molar-refractivity contribution >= 4 is 11.8 Å². The lowest BCUT2D eigenvalue weighted by Crippen LogP contribution is -2.08. The van der Waals surface area contributed by atoms with Gasteiger partial charge in [-0.2, -0.15) is 13.2 Å². The number of benzene rings is 1. The normalized spacial score (nSPS) is 11.2. The molecule has 5 nitrogen and oxygen atoms in total. The average molecular weight is 297 g/mol. The van der Waals surface area contributed by atoms with Crippen LogP contribution in [0.25, 0.3) is 0 Å². The largest absolute Gasteiger partial charge is 0.476 e. The standard InChI is InChI=1S/C13H10F3N3O2/c14-13(15,16)9-3-1-2-8(4-9)5-18-11-7-17-6-10(19-11)12(20)21/h1-4,6-7H,5H2,(H,18,19)(H,20,21). The monoisotopic (exact) mass is 297 g/mol. The van der Waals surface area contributed by atoms with Gasteiger partial charge in [0.1, 0.15) is 5.82 Å². The minimum atomic E-state index is -4.40. The highest BCUT2D eigenvalue weighted by Gasteiger charge is 2.30. The van der Waals surface area contributed by atoms with Gasteiger partial charge in [-0.1, -0.05) is 12.1 Å².